The average Bonchev–Trinajstić information content (AvgIpc) is 2.87. The summed E-state index contributed by atoms with van der Waals surface area (Å²) in [6.45, 7) is 4.73. The molecule has 1 heterocycles. The van der Waals surface area contributed by atoms with E-state index in [0.717, 1.165) is 6.42 Å². The third kappa shape index (κ3) is 5.78. The first-order chi connectivity index (χ1) is 10.9. The van der Waals surface area contributed by atoms with Crippen molar-refractivity contribution in [3.63, 3.8) is 0 Å². The first-order valence-corrected chi connectivity index (χ1v) is 7.48. The SMILES string of the molecule is CC(C)Cc1noc(CN(C)CC(=O)Nc2ccc(F)cc2)n1. The molecule has 0 saturated carbocycles. The van der Waals surface area contributed by atoms with Crippen LogP contribution < -0.4 is 5.32 Å². The predicted molar refractivity (Wildman–Crippen MR) is 84.2 cm³/mol. The van der Waals surface area contributed by atoms with E-state index < -0.39 is 0 Å². The molecule has 2 rings (SSSR count). The number of nitrogens with zero attached hydrogens (tertiary/aromatic N) is 3. The summed E-state index contributed by atoms with van der Waals surface area (Å²) in [6, 6.07) is 5.63. The Morgan fingerprint density at radius 2 is 2.04 bits per heavy atom. The first kappa shape index (κ1) is 17.1. The molecule has 0 fully saturated rings. The number of hydrogen-bond donors (Lipinski definition) is 1. The van der Waals surface area contributed by atoms with Crippen LogP contribution in [0.2, 0.25) is 0 Å². The fraction of sp³-hybridized carbons (Fsp3) is 0.438. The van der Waals surface area contributed by atoms with Gasteiger partial charge in [0.2, 0.25) is 11.8 Å². The van der Waals surface area contributed by atoms with Crippen molar-refractivity contribution in [2.75, 3.05) is 18.9 Å². The molecular weight excluding hydrogens is 299 g/mol. The summed E-state index contributed by atoms with van der Waals surface area (Å²) in [5.74, 6) is 1.09. The van der Waals surface area contributed by atoms with Crippen LogP contribution in [-0.4, -0.2) is 34.5 Å². The number of benzene rings is 1. The highest BCUT2D eigenvalue weighted by atomic mass is 19.1. The number of halogens is 1. The Balaban J connectivity index is 1.81. The van der Waals surface area contributed by atoms with E-state index in [0.29, 0.717) is 29.9 Å². The molecule has 23 heavy (non-hydrogen) atoms. The van der Waals surface area contributed by atoms with E-state index in [-0.39, 0.29) is 18.3 Å². The minimum absolute atomic E-state index is 0.166. The molecule has 0 radical (unpaired) electrons. The lowest BCUT2D eigenvalue weighted by Gasteiger charge is -2.13. The van der Waals surface area contributed by atoms with E-state index in [2.05, 4.69) is 29.3 Å². The second kappa shape index (κ2) is 7.82. The zero-order chi connectivity index (χ0) is 16.8. The fourth-order valence-electron chi connectivity index (χ4n) is 2.07. The lowest BCUT2D eigenvalue weighted by atomic mass is 10.1. The summed E-state index contributed by atoms with van der Waals surface area (Å²) in [4.78, 5) is 18.0. The van der Waals surface area contributed by atoms with Crippen LogP contribution in [0.5, 0.6) is 0 Å². The Morgan fingerprint density at radius 1 is 1.35 bits per heavy atom. The van der Waals surface area contributed by atoms with Crippen molar-refractivity contribution >= 4 is 11.6 Å². The molecule has 1 aromatic heterocycles. The molecule has 6 nitrogen and oxygen atoms in total. The molecule has 1 amide bonds. The number of likely N-dealkylation sites (N-methyl/N-ethyl adjacent to an activating group) is 1. The largest absolute Gasteiger partial charge is 0.338 e. The monoisotopic (exact) mass is 320 g/mol. The van der Waals surface area contributed by atoms with Crippen molar-refractivity contribution in [3.05, 3.63) is 41.8 Å². The van der Waals surface area contributed by atoms with Crippen molar-refractivity contribution in [1.29, 1.82) is 0 Å². The number of amides is 1. The van der Waals surface area contributed by atoms with Crippen LogP contribution in [0.4, 0.5) is 10.1 Å². The molecule has 2 aromatic rings. The highest BCUT2D eigenvalue weighted by Gasteiger charge is 2.13. The van der Waals surface area contributed by atoms with Gasteiger partial charge in [0.1, 0.15) is 5.82 Å². The highest BCUT2D eigenvalue weighted by molar-refractivity contribution is 5.92. The molecule has 0 aliphatic carbocycles. The van der Waals surface area contributed by atoms with Crippen molar-refractivity contribution in [3.8, 4) is 0 Å². The van der Waals surface area contributed by atoms with Crippen molar-refractivity contribution < 1.29 is 13.7 Å². The van der Waals surface area contributed by atoms with E-state index in [1.807, 2.05) is 0 Å². The molecule has 0 aliphatic rings. The third-order valence-electron chi connectivity index (χ3n) is 3.05. The topological polar surface area (TPSA) is 71.3 Å². The standard InChI is InChI=1S/C16H21FN4O2/c1-11(2)8-14-19-16(23-20-14)10-21(3)9-15(22)18-13-6-4-12(17)5-7-13/h4-7,11H,8-10H2,1-3H3,(H,18,22). The Hall–Kier alpha value is -2.28. The quantitative estimate of drug-likeness (QED) is 0.848. The van der Waals surface area contributed by atoms with Crippen LogP contribution in [0, 0.1) is 11.7 Å². The predicted octanol–water partition coefficient (Wildman–Crippen LogP) is 2.48. The van der Waals surface area contributed by atoms with Gasteiger partial charge in [0.25, 0.3) is 0 Å². The molecule has 0 atom stereocenters. The maximum atomic E-state index is 12.8. The second-order valence-electron chi connectivity index (χ2n) is 5.93. The summed E-state index contributed by atoms with van der Waals surface area (Å²) in [5, 5.41) is 6.62. The zero-order valence-corrected chi connectivity index (χ0v) is 13.5. The molecule has 1 N–H and O–H groups in total. The van der Waals surface area contributed by atoms with Gasteiger partial charge in [0, 0.05) is 12.1 Å². The van der Waals surface area contributed by atoms with E-state index in [4.69, 9.17) is 4.52 Å². The van der Waals surface area contributed by atoms with Crippen molar-refractivity contribution in [1.82, 2.24) is 15.0 Å². The van der Waals surface area contributed by atoms with Gasteiger partial charge in [-0.1, -0.05) is 19.0 Å². The molecular formula is C16H21FN4O2. The number of nitrogens with one attached hydrogen (secondary N) is 1. The summed E-state index contributed by atoms with van der Waals surface area (Å²) in [7, 11) is 1.79. The van der Waals surface area contributed by atoms with Gasteiger partial charge in [-0.3, -0.25) is 9.69 Å². The maximum absolute atomic E-state index is 12.8. The Bertz CT molecular complexity index is 640. The molecule has 124 valence electrons. The Morgan fingerprint density at radius 3 is 2.70 bits per heavy atom. The molecule has 1 aromatic carbocycles. The van der Waals surface area contributed by atoms with Crippen LogP contribution in [0.3, 0.4) is 0 Å². The van der Waals surface area contributed by atoms with Gasteiger partial charge in [-0.25, -0.2) is 4.39 Å². The van der Waals surface area contributed by atoms with Crippen LogP contribution >= 0.6 is 0 Å². The molecule has 0 unspecified atom stereocenters. The highest BCUT2D eigenvalue weighted by Crippen LogP contribution is 2.09. The molecule has 0 bridgehead atoms. The fourth-order valence-corrected chi connectivity index (χ4v) is 2.07. The number of carbonyl (C=O) groups is 1. The van der Waals surface area contributed by atoms with E-state index in [1.165, 1.54) is 24.3 Å². The minimum Gasteiger partial charge on any atom is -0.338 e. The summed E-state index contributed by atoms with van der Waals surface area (Å²) in [5.41, 5.74) is 0.557. The lowest BCUT2D eigenvalue weighted by molar-refractivity contribution is -0.117. The van der Waals surface area contributed by atoms with Crippen LogP contribution in [0.1, 0.15) is 25.6 Å². The molecule has 0 aliphatic heterocycles. The van der Waals surface area contributed by atoms with Gasteiger partial charge >= 0.3 is 0 Å². The minimum atomic E-state index is -0.339. The van der Waals surface area contributed by atoms with Gasteiger partial charge in [-0.05, 0) is 37.2 Å². The van der Waals surface area contributed by atoms with Crippen molar-refractivity contribution in [2.45, 2.75) is 26.8 Å². The average molecular weight is 320 g/mol. The molecule has 0 spiro atoms. The van der Waals surface area contributed by atoms with E-state index >= 15 is 0 Å². The number of anilines is 1. The van der Waals surface area contributed by atoms with Gasteiger partial charge < -0.3 is 9.84 Å². The number of aromatic nitrogens is 2. The van der Waals surface area contributed by atoms with Gasteiger partial charge in [0.15, 0.2) is 5.82 Å². The summed E-state index contributed by atoms with van der Waals surface area (Å²) >= 11 is 0. The second-order valence-corrected chi connectivity index (χ2v) is 5.93. The Kier molecular flexibility index (Phi) is 5.81. The first-order valence-electron chi connectivity index (χ1n) is 7.48. The van der Waals surface area contributed by atoms with Gasteiger partial charge in [-0.2, -0.15) is 4.98 Å². The maximum Gasteiger partial charge on any atom is 0.240 e. The summed E-state index contributed by atoms with van der Waals surface area (Å²) < 4.78 is 18.0. The number of carbonyl (C=O) groups excluding carboxylic acids is 1. The Labute approximate surface area is 134 Å². The van der Waals surface area contributed by atoms with E-state index in [1.54, 1.807) is 11.9 Å². The van der Waals surface area contributed by atoms with Crippen molar-refractivity contribution in [2.24, 2.45) is 5.92 Å². The molecule has 7 heteroatoms. The smallest absolute Gasteiger partial charge is 0.240 e. The molecule has 0 saturated heterocycles. The number of rotatable bonds is 7. The van der Waals surface area contributed by atoms with Crippen LogP contribution in [0.25, 0.3) is 0 Å². The third-order valence-corrected chi connectivity index (χ3v) is 3.05. The zero-order valence-electron chi connectivity index (χ0n) is 13.5. The van der Waals surface area contributed by atoms with E-state index in [9.17, 15) is 9.18 Å². The lowest BCUT2D eigenvalue weighted by Crippen LogP contribution is -2.29. The van der Waals surface area contributed by atoms with Crippen LogP contribution in [0.15, 0.2) is 28.8 Å². The number of hydrogen-bond acceptors (Lipinski definition) is 5. The normalized spacial score (nSPS) is 11.2. The van der Waals surface area contributed by atoms with Gasteiger partial charge in [-0.15, -0.1) is 0 Å². The van der Waals surface area contributed by atoms with Crippen LogP contribution in [-0.2, 0) is 17.8 Å². The van der Waals surface area contributed by atoms with Gasteiger partial charge in [0.05, 0.1) is 13.1 Å². The summed E-state index contributed by atoms with van der Waals surface area (Å²) in [6.07, 6.45) is 0.762.